The molecule has 0 atom stereocenters. The van der Waals surface area contributed by atoms with E-state index in [1.54, 1.807) is 19.1 Å². The molecule has 0 heterocycles. The van der Waals surface area contributed by atoms with Crippen LogP contribution in [0.25, 0.3) is 0 Å². The first-order valence-corrected chi connectivity index (χ1v) is 6.45. The Morgan fingerprint density at radius 3 is 2.60 bits per heavy atom. The van der Waals surface area contributed by atoms with E-state index in [4.69, 9.17) is 10.6 Å². The van der Waals surface area contributed by atoms with Gasteiger partial charge in [0.15, 0.2) is 0 Å². The third-order valence-electron chi connectivity index (χ3n) is 2.72. The molecule has 0 unspecified atom stereocenters. The number of hydrogen-bond acceptors (Lipinski definition) is 5. The topological polar surface area (TPSA) is 90.6 Å². The van der Waals surface area contributed by atoms with E-state index in [9.17, 15) is 9.59 Å². The minimum Gasteiger partial charge on any atom is -0.493 e. The highest BCUT2D eigenvalue weighted by Crippen LogP contribution is 2.28. The second kappa shape index (κ2) is 7.49. The molecule has 6 nitrogen and oxygen atoms in total. The SMILES string of the molecule is CCCCOc1cc(NC(C)=O)c(C)cc1C(=O)ON. The molecule has 1 aromatic rings. The molecule has 6 heteroatoms. The maximum absolute atomic E-state index is 11.6. The highest BCUT2D eigenvalue weighted by Gasteiger charge is 2.17. The average Bonchev–Trinajstić information content (AvgIpc) is 2.40. The van der Waals surface area contributed by atoms with Crippen LogP contribution in [-0.2, 0) is 9.63 Å². The van der Waals surface area contributed by atoms with E-state index in [1.807, 2.05) is 6.92 Å². The molecule has 0 radical (unpaired) electrons. The summed E-state index contributed by atoms with van der Waals surface area (Å²) < 4.78 is 5.57. The monoisotopic (exact) mass is 280 g/mol. The number of hydrogen-bond donors (Lipinski definition) is 2. The minimum absolute atomic E-state index is 0.193. The molecule has 0 aliphatic heterocycles. The normalized spacial score (nSPS) is 10.0. The van der Waals surface area contributed by atoms with Crippen molar-refractivity contribution in [1.29, 1.82) is 0 Å². The van der Waals surface area contributed by atoms with E-state index in [1.165, 1.54) is 6.92 Å². The Morgan fingerprint density at radius 2 is 2.05 bits per heavy atom. The summed E-state index contributed by atoms with van der Waals surface area (Å²) in [5.41, 5.74) is 1.57. The molecule has 0 saturated heterocycles. The van der Waals surface area contributed by atoms with Gasteiger partial charge >= 0.3 is 5.97 Å². The van der Waals surface area contributed by atoms with Crippen molar-refractivity contribution >= 4 is 17.6 Å². The summed E-state index contributed by atoms with van der Waals surface area (Å²) in [6.45, 7) is 5.70. The van der Waals surface area contributed by atoms with Crippen molar-refractivity contribution in [3.8, 4) is 5.75 Å². The largest absolute Gasteiger partial charge is 0.493 e. The Kier molecular flexibility index (Phi) is 5.99. The van der Waals surface area contributed by atoms with Crippen LogP contribution in [-0.4, -0.2) is 18.5 Å². The maximum atomic E-state index is 11.6. The molecule has 0 bridgehead atoms. The minimum atomic E-state index is -0.672. The van der Waals surface area contributed by atoms with Crippen LogP contribution in [0.1, 0.15) is 42.6 Å². The molecule has 3 N–H and O–H groups in total. The van der Waals surface area contributed by atoms with Gasteiger partial charge in [-0.1, -0.05) is 13.3 Å². The highest BCUT2D eigenvalue weighted by molar-refractivity contribution is 5.95. The summed E-state index contributed by atoms with van der Waals surface area (Å²) >= 11 is 0. The zero-order valence-corrected chi connectivity index (χ0v) is 12.0. The summed E-state index contributed by atoms with van der Waals surface area (Å²) in [7, 11) is 0. The molecule has 1 rings (SSSR count). The summed E-state index contributed by atoms with van der Waals surface area (Å²) in [6, 6.07) is 3.19. The van der Waals surface area contributed by atoms with E-state index in [0.717, 1.165) is 18.4 Å². The van der Waals surface area contributed by atoms with Gasteiger partial charge in [-0.3, -0.25) is 4.79 Å². The Morgan fingerprint density at radius 1 is 1.35 bits per heavy atom. The molecule has 110 valence electrons. The van der Waals surface area contributed by atoms with Crippen LogP contribution in [0.3, 0.4) is 0 Å². The molecule has 1 aromatic carbocycles. The number of nitrogens with two attached hydrogens (primary N) is 1. The van der Waals surface area contributed by atoms with Crippen LogP contribution < -0.4 is 16.0 Å². The van der Waals surface area contributed by atoms with E-state index in [2.05, 4.69) is 10.2 Å². The van der Waals surface area contributed by atoms with Crippen LogP contribution in [0, 0.1) is 6.92 Å². The molecule has 0 spiro atoms. The van der Waals surface area contributed by atoms with E-state index >= 15 is 0 Å². The number of carbonyl (C=O) groups excluding carboxylic acids is 2. The maximum Gasteiger partial charge on any atom is 0.360 e. The number of aryl methyl sites for hydroxylation is 1. The van der Waals surface area contributed by atoms with Crippen molar-refractivity contribution in [2.24, 2.45) is 5.90 Å². The Hall–Kier alpha value is -2.08. The van der Waals surface area contributed by atoms with E-state index in [-0.39, 0.29) is 11.5 Å². The number of unbranched alkanes of at least 4 members (excludes halogenated alkanes) is 1. The molecule has 0 saturated carbocycles. The lowest BCUT2D eigenvalue weighted by Crippen LogP contribution is -2.14. The van der Waals surface area contributed by atoms with Crippen LogP contribution >= 0.6 is 0 Å². The second-order valence-electron chi connectivity index (χ2n) is 4.45. The quantitative estimate of drug-likeness (QED) is 0.615. The van der Waals surface area contributed by atoms with Gasteiger partial charge < -0.3 is 14.9 Å². The van der Waals surface area contributed by atoms with Gasteiger partial charge in [-0.05, 0) is 25.0 Å². The lowest BCUT2D eigenvalue weighted by Gasteiger charge is -2.14. The van der Waals surface area contributed by atoms with Crippen LogP contribution in [0.5, 0.6) is 5.75 Å². The number of rotatable bonds is 6. The van der Waals surface area contributed by atoms with Crippen LogP contribution in [0.4, 0.5) is 5.69 Å². The molecule has 1 amide bonds. The number of ether oxygens (including phenoxy) is 1. The molecular formula is C14H20N2O4. The van der Waals surface area contributed by atoms with Gasteiger partial charge in [0.1, 0.15) is 11.3 Å². The van der Waals surface area contributed by atoms with Gasteiger partial charge in [-0.25, -0.2) is 4.79 Å². The zero-order valence-electron chi connectivity index (χ0n) is 12.0. The summed E-state index contributed by atoms with van der Waals surface area (Å²) in [6.07, 6.45) is 1.83. The first kappa shape index (κ1) is 16.0. The number of nitrogens with one attached hydrogen (secondary N) is 1. The second-order valence-corrected chi connectivity index (χ2v) is 4.45. The average molecular weight is 280 g/mol. The molecule has 0 aromatic heterocycles. The molecule has 0 aliphatic rings. The van der Waals surface area contributed by atoms with Crippen LogP contribution in [0.15, 0.2) is 12.1 Å². The Bertz CT molecular complexity index is 500. The smallest absolute Gasteiger partial charge is 0.360 e. The first-order valence-electron chi connectivity index (χ1n) is 6.45. The lowest BCUT2D eigenvalue weighted by molar-refractivity contribution is -0.114. The fraction of sp³-hybridized carbons (Fsp3) is 0.429. The molecule has 0 fully saturated rings. The van der Waals surface area contributed by atoms with Crippen molar-refractivity contribution in [1.82, 2.24) is 0 Å². The van der Waals surface area contributed by atoms with Crippen molar-refractivity contribution in [3.63, 3.8) is 0 Å². The van der Waals surface area contributed by atoms with Crippen molar-refractivity contribution < 1.29 is 19.2 Å². The number of amides is 1. The Balaban J connectivity index is 3.11. The lowest BCUT2D eigenvalue weighted by atomic mass is 10.1. The Labute approximate surface area is 118 Å². The highest BCUT2D eigenvalue weighted by atomic mass is 16.7. The predicted octanol–water partition coefficient (Wildman–Crippen LogP) is 2.16. The fourth-order valence-electron chi connectivity index (χ4n) is 1.68. The number of anilines is 1. The van der Waals surface area contributed by atoms with Gasteiger partial charge in [0.2, 0.25) is 5.91 Å². The van der Waals surface area contributed by atoms with Gasteiger partial charge in [0.25, 0.3) is 0 Å². The van der Waals surface area contributed by atoms with Crippen molar-refractivity contribution in [2.45, 2.75) is 33.6 Å². The molecular weight excluding hydrogens is 260 g/mol. The fourth-order valence-corrected chi connectivity index (χ4v) is 1.68. The predicted molar refractivity (Wildman–Crippen MR) is 75.5 cm³/mol. The van der Waals surface area contributed by atoms with E-state index < -0.39 is 5.97 Å². The van der Waals surface area contributed by atoms with E-state index in [0.29, 0.717) is 18.0 Å². The molecule has 20 heavy (non-hydrogen) atoms. The van der Waals surface area contributed by atoms with Crippen molar-refractivity contribution in [3.05, 3.63) is 23.3 Å². The summed E-state index contributed by atoms with van der Waals surface area (Å²) in [4.78, 5) is 27.0. The van der Waals surface area contributed by atoms with Crippen molar-refractivity contribution in [2.75, 3.05) is 11.9 Å². The standard InChI is InChI=1S/C14H20N2O4/c1-4-5-6-19-13-8-12(16-10(3)17)9(2)7-11(13)14(18)20-15/h7-8H,4-6,15H2,1-3H3,(H,16,17). The zero-order chi connectivity index (χ0) is 15.1. The number of carbonyl (C=O) groups is 2. The van der Waals surface area contributed by atoms with Crippen LogP contribution in [0.2, 0.25) is 0 Å². The van der Waals surface area contributed by atoms with Gasteiger partial charge in [-0.2, -0.15) is 5.90 Å². The molecule has 0 aliphatic carbocycles. The summed E-state index contributed by atoms with van der Waals surface area (Å²) in [5, 5.41) is 2.69. The third-order valence-corrected chi connectivity index (χ3v) is 2.72. The van der Waals surface area contributed by atoms with Gasteiger partial charge in [0.05, 0.1) is 6.61 Å². The first-order chi connectivity index (χ1) is 9.49. The van der Waals surface area contributed by atoms with Gasteiger partial charge in [-0.15, -0.1) is 0 Å². The number of benzene rings is 1. The summed E-state index contributed by atoms with van der Waals surface area (Å²) in [5.74, 6) is 4.41. The third kappa shape index (κ3) is 4.24. The van der Waals surface area contributed by atoms with Gasteiger partial charge in [0, 0.05) is 18.7 Å².